The molecule has 0 saturated heterocycles. The van der Waals surface area contributed by atoms with Crippen LogP contribution in [0.1, 0.15) is 19.4 Å². The lowest BCUT2D eigenvalue weighted by Gasteiger charge is -2.24. The molecule has 0 aromatic heterocycles. The number of nitrogens with one attached hydrogen (secondary N) is 1. The highest BCUT2D eigenvalue weighted by Crippen LogP contribution is 2.16. The standard InChI is InChI=1S/C17H27ClN4O/c1-13(2)10-19-17(20-11-16(23)21(3)4)22(5)12-14-8-6-7-9-15(14)18/h6-9,13H,10-12H2,1-5H3,(H,19,20). The van der Waals surface area contributed by atoms with Crippen LogP contribution in [0.2, 0.25) is 5.02 Å². The Balaban J connectivity index is 2.83. The van der Waals surface area contributed by atoms with Crippen LogP contribution >= 0.6 is 11.6 Å². The van der Waals surface area contributed by atoms with E-state index in [9.17, 15) is 4.79 Å². The molecule has 1 amide bonds. The number of nitrogens with zero attached hydrogens (tertiary/aromatic N) is 3. The van der Waals surface area contributed by atoms with Gasteiger partial charge in [-0.05, 0) is 17.5 Å². The van der Waals surface area contributed by atoms with Crippen molar-refractivity contribution in [3.05, 3.63) is 34.9 Å². The van der Waals surface area contributed by atoms with Gasteiger partial charge in [-0.1, -0.05) is 43.6 Å². The van der Waals surface area contributed by atoms with Gasteiger partial charge >= 0.3 is 0 Å². The number of carbonyl (C=O) groups excluding carboxylic acids is 1. The zero-order valence-corrected chi connectivity index (χ0v) is 15.4. The molecule has 5 nitrogen and oxygen atoms in total. The summed E-state index contributed by atoms with van der Waals surface area (Å²) in [5.41, 5.74) is 1.02. The first-order valence-corrected chi connectivity index (χ1v) is 8.12. The number of hydrogen-bond acceptors (Lipinski definition) is 2. The normalized spacial score (nSPS) is 11.5. The Morgan fingerprint density at radius 1 is 1.26 bits per heavy atom. The van der Waals surface area contributed by atoms with E-state index in [1.807, 2.05) is 36.2 Å². The fourth-order valence-electron chi connectivity index (χ4n) is 1.85. The van der Waals surface area contributed by atoms with Gasteiger partial charge in [-0.2, -0.15) is 0 Å². The van der Waals surface area contributed by atoms with Crippen molar-refractivity contribution in [1.29, 1.82) is 0 Å². The van der Waals surface area contributed by atoms with E-state index in [0.29, 0.717) is 18.4 Å². The average Bonchev–Trinajstić information content (AvgIpc) is 2.48. The summed E-state index contributed by atoms with van der Waals surface area (Å²) < 4.78 is 0. The Morgan fingerprint density at radius 2 is 1.91 bits per heavy atom. The maximum absolute atomic E-state index is 11.8. The van der Waals surface area contributed by atoms with Crippen molar-refractivity contribution in [2.45, 2.75) is 20.4 Å². The van der Waals surface area contributed by atoms with E-state index in [1.54, 1.807) is 14.1 Å². The van der Waals surface area contributed by atoms with Crippen LogP contribution in [0.4, 0.5) is 0 Å². The predicted molar refractivity (Wildman–Crippen MR) is 96.8 cm³/mol. The minimum Gasteiger partial charge on any atom is -0.356 e. The first kappa shape index (κ1) is 19.3. The molecule has 23 heavy (non-hydrogen) atoms. The molecule has 6 heteroatoms. The van der Waals surface area contributed by atoms with E-state index >= 15 is 0 Å². The van der Waals surface area contributed by atoms with Crippen LogP contribution in [0, 0.1) is 5.92 Å². The second kappa shape index (κ2) is 9.40. The van der Waals surface area contributed by atoms with Gasteiger partial charge in [-0.15, -0.1) is 0 Å². The number of halogens is 1. The van der Waals surface area contributed by atoms with E-state index in [-0.39, 0.29) is 12.5 Å². The molecule has 0 heterocycles. The lowest BCUT2D eigenvalue weighted by atomic mass is 10.2. The molecule has 1 N–H and O–H groups in total. The Kier molecular flexibility index (Phi) is 7.89. The molecule has 0 unspecified atom stereocenters. The number of carbonyl (C=O) groups is 1. The van der Waals surface area contributed by atoms with E-state index in [4.69, 9.17) is 11.6 Å². The molecule has 0 fully saturated rings. The van der Waals surface area contributed by atoms with Crippen LogP contribution in [-0.2, 0) is 11.3 Å². The van der Waals surface area contributed by atoms with Crippen molar-refractivity contribution in [2.24, 2.45) is 10.9 Å². The second-order valence-electron chi connectivity index (χ2n) is 6.15. The summed E-state index contributed by atoms with van der Waals surface area (Å²) >= 11 is 6.22. The third-order valence-corrected chi connectivity index (χ3v) is 3.63. The maximum atomic E-state index is 11.8. The van der Waals surface area contributed by atoms with Gasteiger partial charge in [0.1, 0.15) is 6.54 Å². The summed E-state index contributed by atoms with van der Waals surface area (Å²) in [4.78, 5) is 19.7. The fraction of sp³-hybridized carbons (Fsp3) is 0.529. The Labute approximate surface area is 144 Å². The number of guanidine groups is 1. The van der Waals surface area contributed by atoms with Crippen molar-refractivity contribution < 1.29 is 4.79 Å². The van der Waals surface area contributed by atoms with Crippen molar-refractivity contribution in [1.82, 2.24) is 15.1 Å². The maximum Gasteiger partial charge on any atom is 0.243 e. The van der Waals surface area contributed by atoms with Gasteiger partial charge in [-0.3, -0.25) is 4.79 Å². The zero-order valence-electron chi connectivity index (χ0n) is 14.6. The van der Waals surface area contributed by atoms with Gasteiger partial charge in [0.2, 0.25) is 5.91 Å². The molecule has 128 valence electrons. The molecule has 0 atom stereocenters. The van der Waals surface area contributed by atoms with Crippen LogP contribution in [0.5, 0.6) is 0 Å². The van der Waals surface area contributed by atoms with Crippen molar-refractivity contribution >= 4 is 23.5 Å². The Hall–Kier alpha value is -1.75. The minimum atomic E-state index is -0.0278. The molecule has 1 rings (SSSR count). The monoisotopic (exact) mass is 338 g/mol. The van der Waals surface area contributed by atoms with Gasteiger partial charge in [0.15, 0.2) is 5.96 Å². The third-order valence-electron chi connectivity index (χ3n) is 3.26. The number of amides is 1. The Morgan fingerprint density at radius 3 is 2.48 bits per heavy atom. The van der Waals surface area contributed by atoms with Gasteiger partial charge in [-0.25, -0.2) is 4.99 Å². The predicted octanol–water partition coefficient (Wildman–Crippen LogP) is 2.46. The van der Waals surface area contributed by atoms with Gasteiger partial charge in [0, 0.05) is 39.3 Å². The molecule has 0 bridgehead atoms. The highest BCUT2D eigenvalue weighted by atomic mass is 35.5. The molecule has 0 aliphatic heterocycles. The molecular formula is C17H27ClN4O. The molecule has 1 aromatic carbocycles. The van der Waals surface area contributed by atoms with Crippen molar-refractivity contribution in [2.75, 3.05) is 34.2 Å². The van der Waals surface area contributed by atoms with E-state index in [1.165, 1.54) is 4.90 Å². The first-order valence-electron chi connectivity index (χ1n) is 7.74. The lowest BCUT2D eigenvalue weighted by molar-refractivity contribution is -0.127. The number of benzene rings is 1. The number of likely N-dealkylation sites (N-methyl/N-ethyl adjacent to an activating group) is 1. The molecule has 0 saturated carbocycles. The third kappa shape index (κ3) is 6.91. The summed E-state index contributed by atoms with van der Waals surface area (Å²) in [5, 5.41) is 4.04. The highest BCUT2D eigenvalue weighted by molar-refractivity contribution is 6.31. The fourth-order valence-corrected chi connectivity index (χ4v) is 2.04. The van der Waals surface area contributed by atoms with Gasteiger partial charge in [0.05, 0.1) is 0 Å². The zero-order chi connectivity index (χ0) is 17.4. The topological polar surface area (TPSA) is 47.9 Å². The van der Waals surface area contributed by atoms with Gasteiger partial charge < -0.3 is 15.1 Å². The summed E-state index contributed by atoms with van der Waals surface area (Å²) in [7, 11) is 5.40. The molecule has 0 spiro atoms. The summed E-state index contributed by atoms with van der Waals surface area (Å²) in [5.74, 6) is 1.16. The molecule has 0 aliphatic rings. The van der Waals surface area contributed by atoms with Crippen LogP contribution in [-0.4, -0.2) is 55.9 Å². The molecule has 0 aliphatic carbocycles. The van der Waals surface area contributed by atoms with Crippen LogP contribution < -0.4 is 5.32 Å². The summed E-state index contributed by atoms with van der Waals surface area (Å²) in [6, 6.07) is 7.74. The summed E-state index contributed by atoms with van der Waals surface area (Å²) in [6.07, 6.45) is 0. The second-order valence-corrected chi connectivity index (χ2v) is 6.56. The van der Waals surface area contributed by atoms with Crippen LogP contribution in [0.15, 0.2) is 29.3 Å². The van der Waals surface area contributed by atoms with E-state index in [2.05, 4.69) is 24.2 Å². The number of rotatable bonds is 6. The smallest absolute Gasteiger partial charge is 0.243 e. The van der Waals surface area contributed by atoms with Crippen molar-refractivity contribution in [3.8, 4) is 0 Å². The lowest BCUT2D eigenvalue weighted by Crippen LogP contribution is -2.41. The quantitative estimate of drug-likeness (QED) is 0.640. The molecular weight excluding hydrogens is 312 g/mol. The van der Waals surface area contributed by atoms with Crippen molar-refractivity contribution in [3.63, 3.8) is 0 Å². The van der Waals surface area contributed by atoms with E-state index < -0.39 is 0 Å². The summed E-state index contributed by atoms with van der Waals surface area (Å²) in [6.45, 7) is 5.80. The molecule has 1 aromatic rings. The van der Waals surface area contributed by atoms with Crippen LogP contribution in [0.3, 0.4) is 0 Å². The minimum absolute atomic E-state index is 0.0278. The average molecular weight is 339 g/mol. The number of aliphatic imine (C=N–C) groups is 1. The molecule has 0 radical (unpaired) electrons. The van der Waals surface area contributed by atoms with E-state index in [0.717, 1.165) is 17.1 Å². The number of hydrogen-bond donors (Lipinski definition) is 1. The highest BCUT2D eigenvalue weighted by Gasteiger charge is 2.11. The van der Waals surface area contributed by atoms with Crippen LogP contribution in [0.25, 0.3) is 0 Å². The first-order chi connectivity index (χ1) is 10.8. The van der Waals surface area contributed by atoms with Gasteiger partial charge in [0.25, 0.3) is 0 Å². The SMILES string of the molecule is CC(C)CNC(=NCC(=O)N(C)C)N(C)Cc1ccccc1Cl. The largest absolute Gasteiger partial charge is 0.356 e. The Bertz CT molecular complexity index is 543.